The molecule has 0 aliphatic rings. The van der Waals surface area contributed by atoms with Crippen molar-refractivity contribution in [3.63, 3.8) is 0 Å². The summed E-state index contributed by atoms with van der Waals surface area (Å²) >= 11 is 1.77. The van der Waals surface area contributed by atoms with Gasteiger partial charge in [-0.2, -0.15) is 0 Å². The molecule has 1 aromatic carbocycles. The molecule has 0 radical (unpaired) electrons. The molecule has 0 saturated heterocycles. The van der Waals surface area contributed by atoms with Crippen molar-refractivity contribution in [2.75, 3.05) is 25.4 Å². The Kier molecular flexibility index (Phi) is 6.69. The van der Waals surface area contributed by atoms with Crippen molar-refractivity contribution in [2.24, 2.45) is 0 Å². The van der Waals surface area contributed by atoms with Crippen LogP contribution < -0.4 is 5.32 Å². The number of carbonyl (C=O) groups excluding carboxylic acids is 1. The van der Waals surface area contributed by atoms with Crippen LogP contribution in [0.1, 0.15) is 6.92 Å². The Hall–Kier alpha value is -1.00. The standard InChI is InChI=1S/C12H17NO2S/c1-2-15-12(14)10-13-8-9-16-11-6-4-3-5-7-11/h3-7,13H,2,8-10H2,1H3. The van der Waals surface area contributed by atoms with Crippen molar-refractivity contribution in [3.8, 4) is 0 Å². The van der Waals surface area contributed by atoms with E-state index in [0.717, 1.165) is 12.3 Å². The summed E-state index contributed by atoms with van der Waals surface area (Å²) in [7, 11) is 0. The third-order valence-corrected chi connectivity index (χ3v) is 2.88. The molecule has 0 amide bonds. The molecule has 88 valence electrons. The highest BCUT2D eigenvalue weighted by atomic mass is 32.2. The van der Waals surface area contributed by atoms with Crippen LogP contribution >= 0.6 is 11.8 Å². The fourth-order valence-corrected chi connectivity index (χ4v) is 1.99. The van der Waals surface area contributed by atoms with Gasteiger partial charge in [0.1, 0.15) is 0 Å². The van der Waals surface area contributed by atoms with E-state index in [1.165, 1.54) is 4.90 Å². The molecule has 0 bridgehead atoms. The lowest BCUT2D eigenvalue weighted by atomic mass is 10.4. The maximum atomic E-state index is 11.0. The van der Waals surface area contributed by atoms with Gasteiger partial charge in [-0.3, -0.25) is 4.79 Å². The van der Waals surface area contributed by atoms with Crippen molar-refractivity contribution < 1.29 is 9.53 Å². The minimum absolute atomic E-state index is 0.188. The number of thioether (sulfide) groups is 1. The predicted molar refractivity (Wildman–Crippen MR) is 66.7 cm³/mol. The van der Waals surface area contributed by atoms with E-state index >= 15 is 0 Å². The van der Waals surface area contributed by atoms with Gasteiger partial charge < -0.3 is 10.1 Å². The van der Waals surface area contributed by atoms with E-state index in [9.17, 15) is 4.79 Å². The first kappa shape index (κ1) is 13.1. The molecule has 1 N–H and O–H groups in total. The van der Waals surface area contributed by atoms with Crippen LogP contribution in [0.2, 0.25) is 0 Å². The zero-order chi connectivity index (χ0) is 11.6. The van der Waals surface area contributed by atoms with E-state index in [1.807, 2.05) is 25.1 Å². The van der Waals surface area contributed by atoms with E-state index in [0.29, 0.717) is 13.2 Å². The third-order valence-electron chi connectivity index (χ3n) is 1.87. The number of hydrogen-bond donors (Lipinski definition) is 1. The number of hydrogen-bond acceptors (Lipinski definition) is 4. The Morgan fingerprint density at radius 2 is 2.12 bits per heavy atom. The Morgan fingerprint density at radius 1 is 1.38 bits per heavy atom. The average Bonchev–Trinajstić information content (AvgIpc) is 2.30. The van der Waals surface area contributed by atoms with Crippen LogP contribution in [-0.2, 0) is 9.53 Å². The Morgan fingerprint density at radius 3 is 2.81 bits per heavy atom. The molecular formula is C12H17NO2S. The van der Waals surface area contributed by atoms with Crippen molar-refractivity contribution in [2.45, 2.75) is 11.8 Å². The summed E-state index contributed by atoms with van der Waals surface area (Å²) in [6.07, 6.45) is 0. The average molecular weight is 239 g/mol. The number of benzene rings is 1. The van der Waals surface area contributed by atoms with Gasteiger partial charge in [0.2, 0.25) is 0 Å². The molecular weight excluding hydrogens is 222 g/mol. The van der Waals surface area contributed by atoms with Gasteiger partial charge in [0.25, 0.3) is 0 Å². The van der Waals surface area contributed by atoms with Crippen LogP contribution in [0.4, 0.5) is 0 Å². The highest BCUT2D eigenvalue weighted by Crippen LogP contribution is 2.15. The van der Waals surface area contributed by atoms with E-state index in [-0.39, 0.29) is 5.97 Å². The molecule has 0 spiro atoms. The van der Waals surface area contributed by atoms with Crippen LogP contribution in [-0.4, -0.2) is 31.4 Å². The van der Waals surface area contributed by atoms with Gasteiger partial charge >= 0.3 is 5.97 Å². The van der Waals surface area contributed by atoms with Gasteiger partial charge in [-0.25, -0.2) is 0 Å². The first-order valence-electron chi connectivity index (χ1n) is 5.37. The molecule has 1 aromatic rings. The maximum absolute atomic E-state index is 11.0. The quantitative estimate of drug-likeness (QED) is 0.448. The molecule has 0 aliphatic heterocycles. The summed E-state index contributed by atoms with van der Waals surface area (Å²) in [5.41, 5.74) is 0. The summed E-state index contributed by atoms with van der Waals surface area (Å²) in [5, 5.41) is 3.04. The molecule has 3 nitrogen and oxygen atoms in total. The second-order valence-electron chi connectivity index (χ2n) is 3.14. The molecule has 0 aliphatic carbocycles. The Labute approximate surface area is 101 Å². The second-order valence-corrected chi connectivity index (χ2v) is 4.31. The van der Waals surface area contributed by atoms with Gasteiger partial charge in [-0.1, -0.05) is 18.2 Å². The first-order chi connectivity index (χ1) is 7.83. The first-order valence-corrected chi connectivity index (χ1v) is 6.35. The monoisotopic (exact) mass is 239 g/mol. The lowest BCUT2D eigenvalue weighted by Crippen LogP contribution is -2.26. The lowest BCUT2D eigenvalue weighted by molar-refractivity contribution is -0.141. The molecule has 0 heterocycles. The highest BCUT2D eigenvalue weighted by molar-refractivity contribution is 7.99. The van der Waals surface area contributed by atoms with Crippen molar-refractivity contribution in [1.82, 2.24) is 5.32 Å². The van der Waals surface area contributed by atoms with Crippen molar-refractivity contribution >= 4 is 17.7 Å². The lowest BCUT2D eigenvalue weighted by Gasteiger charge is -2.04. The molecule has 16 heavy (non-hydrogen) atoms. The maximum Gasteiger partial charge on any atom is 0.319 e. The molecule has 0 saturated carbocycles. The zero-order valence-electron chi connectivity index (χ0n) is 9.44. The van der Waals surface area contributed by atoms with Crippen LogP contribution in [0.15, 0.2) is 35.2 Å². The molecule has 0 atom stereocenters. The van der Waals surface area contributed by atoms with E-state index in [2.05, 4.69) is 17.4 Å². The minimum atomic E-state index is -0.188. The van der Waals surface area contributed by atoms with E-state index < -0.39 is 0 Å². The molecule has 0 aromatic heterocycles. The number of carbonyl (C=O) groups is 1. The summed E-state index contributed by atoms with van der Waals surface area (Å²) in [6, 6.07) is 10.2. The fourth-order valence-electron chi connectivity index (χ4n) is 1.16. The minimum Gasteiger partial charge on any atom is -0.465 e. The molecule has 4 heteroatoms. The summed E-state index contributed by atoms with van der Waals surface area (Å²) in [6.45, 7) is 3.35. The molecule has 0 unspecified atom stereocenters. The topological polar surface area (TPSA) is 38.3 Å². The normalized spacial score (nSPS) is 10.1. The second kappa shape index (κ2) is 8.19. The molecule has 0 fully saturated rings. The summed E-state index contributed by atoms with van der Waals surface area (Å²) in [5.74, 6) is 0.760. The summed E-state index contributed by atoms with van der Waals surface area (Å²) < 4.78 is 4.80. The third kappa shape index (κ3) is 5.78. The largest absolute Gasteiger partial charge is 0.465 e. The molecule has 1 rings (SSSR count). The number of ether oxygens (including phenoxy) is 1. The van der Waals surface area contributed by atoms with Crippen LogP contribution in [0, 0.1) is 0 Å². The van der Waals surface area contributed by atoms with E-state index in [1.54, 1.807) is 11.8 Å². The Bertz CT molecular complexity index is 303. The van der Waals surface area contributed by atoms with Gasteiger partial charge in [0.05, 0.1) is 13.2 Å². The van der Waals surface area contributed by atoms with Crippen LogP contribution in [0.25, 0.3) is 0 Å². The SMILES string of the molecule is CCOC(=O)CNCCSc1ccccc1. The summed E-state index contributed by atoms with van der Waals surface area (Å²) in [4.78, 5) is 12.2. The van der Waals surface area contributed by atoms with E-state index in [4.69, 9.17) is 4.74 Å². The number of esters is 1. The van der Waals surface area contributed by atoms with Gasteiger partial charge in [-0.15, -0.1) is 11.8 Å². The van der Waals surface area contributed by atoms with Crippen LogP contribution in [0.3, 0.4) is 0 Å². The number of nitrogens with one attached hydrogen (secondary N) is 1. The van der Waals surface area contributed by atoms with Crippen molar-refractivity contribution in [1.29, 1.82) is 0 Å². The van der Waals surface area contributed by atoms with Gasteiger partial charge in [0.15, 0.2) is 0 Å². The van der Waals surface area contributed by atoms with Crippen LogP contribution in [0.5, 0.6) is 0 Å². The Balaban J connectivity index is 2.02. The van der Waals surface area contributed by atoms with Gasteiger partial charge in [0, 0.05) is 17.2 Å². The van der Waals surface area contributed by atoms with Crippen molar-refractivity contribution in [3.05, 3.63) is 30.3 Å². The smallest absolute Gasteiger partial charge is 0.319 e. The van der Waals surface area contributed by atoms with Gasteiger partial charge in [-0.05, 0) is 19.1 Å². The zero-order valence-corrected chi connectivity index (χ0v) is 10.3. The highest BCUT2D eigenvalue weighted by Gasteiger charge is 1.99. The number of rotatable bonds is 7. The fraction of sp³-hybridized carbons (Fsp3) is 0.417. The predicted octanol–water partition coefficient (Wildman–Crippen LogP) is 1.93.